The van der Waals surface area contributed by atoms with Crippen LogP contribution in [0.25, 0.3) is 5.57 Å². The van der Waals surface area contributed by atoms with E-state index in [9.17, 15) is 15.8 Å². The molecule has 1 aromatic rings. The summed E-state index contributed by atoms with van der Waals surface area (Å²) in [5.41, 5.74) is 7.26. The van der Waals surface area contributed by atoms with E-state index in [1.54, 1.807) is 0 Å². The number of rotatable bonds is 16. The molecule has 1 heterocycles. The third kappa shape index (κ3) is 10.9. The Morgan fingerprint density at radius 2 is 1.28 bits per heavy atom. The molecule has 5 heteroatoms. The van der Waals surface area contributed by atoms with Crippen molar-refractivity contribution in [2.45, 2.75) is 136 Å². The second-order valence-electron chi connectivity index (χ2n) is 10.6. The van der Waals surface area contributed by atoms with Crippen LogP contribution >= 0.6 is 0 Å². The number of nitrogens with two attached hydrogens (primary N) is 1. The second kappa shape index (κ2) is 19.9. The van der Waals surface area contributed by atoms with E-state index in [-0.39, 0.29) is 11.3 Å². The van der Waals surface area contributed by atoms with Gasteiger partial charge in [-0.3, -0.25) is 0 Å². The van der Waals surface area contributed by atoms with Crippen molar-refractivity contribution in [3.8, 4) is 18.2 Å². The van der Waals surface area contributed by atoms with Gasteiger partial charge in [0.25, 0.3) is 0 Å². The Bertz CT molecular complexity index is 996. The number of benzene rings is 1. The molecule has 0 fully saturated rings. The van der Waals surface area contributed by atoms with Crippen LogP contribution in [0.2, 0.25) is 0 Å². The number of hydrogen-bond donors (Lipinski definition) is 1. The summed E-state index contributed by atoms with van der Waals surface area (Å²) in [6, 6.07) is 16.2. The molecule has 1 atom stereocenters. The molecule has 1 aliphatic heterocycles. The summed E-state index contributed by atoms with van der Waals surface area (Å²) in [5.74, 6) is 0.142. The molecule has 1 aliphatic rings. The molecule has 0 amide bonds. The molecule has 0 saturated heterocycles. The molecule has 0 saturated carbocycles. The predicted molar refractivity (Wildman–Crippen MR) is 161 cm³/mol. The van der Waals surface area contributed by atoms with E-state index in [4.69, 9.17) is 10.5 Å². The minimum absolute atomic E-state index is 0.134. The quantitative estimate of drug-likeness (QED) is 0.169. The standard InChI is InChI=1S/C22H23N3O.C12H27N/c1-3-5-12-22(13-6-4-2)20(17-10-8-7-9-11-17)19(16-25)21(26-22)18(14-23)15-24;1-3-5-7-9-11-12(13)10-8-6-4-2/h7-11H,3-6,12-13H2,1-2H3;12H,3-11,13H2,1-2H3. The van der Waals surface area contributed by atoms with Crippen LogP contribution < -0.4 is 5.73 Å². The third-order valence-electron chi connectivity index (χ3n) is 7.33. The van der Waals surface area contributed by atoms with Gasteiger partial charge in [-0.15, -0.1) is 0 Å². The first-order valence-corrected chi connectivity index (χ1v) is 15.2. The lowest BCUT2D eigenvalue weighted by Gasteiger charge is -2.32. The molecule has 0 radical (unpaired) electrons. The van der Waals surface area contributed by atoms with Crippen LogP contribution in [-0.4, -0.2) is 11.6 Å². The number of allylic oxidation sites excluding steroid dienone is 2. The highest BCUT2D eigenvalue weighted by atomic mass is 16.5. The fourth-order valence-corrected chi connectivity index (χ4v) is 5.10. The van der Waals surface area contributed by atoms with Crippen LogP contribution in [0.1, 0.15) is 130 Å². The summed E-state index contributed by atoms with van der Waals surface area (Å²) in [7, 11) is 0. The molecular formula is C34H50N4O. The summed E-state index contributed by atoms with van der Waals surface area (Å²) < 4.78 is 6.31. The Balaban J connectivity index is 0.000000495. The average molecular weight is 531 g/mol. The first-order chi connectivity index (χ1) is 19.0. The SMILES string of the molecule is CCCCC1(CCCC)OC(=C(C#N)C#N)C(C#N)=C1c1ccccc1.CCCCCCC(N)CCCCC. The average Bonchev–Trinajstić information content (AvgIpc) is 3.29. The smallest absolute Gasteiger partial charge is 0.172 e. The highest BCUT2D eigenvalue weighted by molar-refractivity contribution is 5.84. The van der Waals surface area contributed by atoms with E-state index in [0.717, 1.165) is 49.7 Å². The van der Waals surface area contributed by atoms with Crippen LogP contribution in [0.15, 0.2) is 47.2 Å². The molecule has 0 aromatic heterocycles. The van der Waals surface area contributed by atoms with Gasteiger partial charge in [-0.1, -0.05) is 116 Å². The van der Waals surface area contributed by atoms with E-state index in [1.165, 1.54) is 57.8 Å². The Hall–Kier alpha value is -3.07. The zero-order valence-corrected chi connectivity index (χ0v) is 24.9. The fraction of sp³-hybridized carbons (Fsp3) is 0.618. The molecule has 5 nitrogen and oxygen atoms in total. The second-order valence-corrected chi connectivity index (χ2v) is 10.6. The largest absolute Gasteiger partial charge is 0.479 e. The third-order valence-corrected chi connectivity index (χ3v) is 7.33. The van der Waals surface area contributed by atoms with Crippen LogP contribution in [0.3, 0.4) is 0 Å². The van der Waals surface area contributed by atoms with Crippen molar-refractivity contribution in [1.82, 2.24) is 0 Å². The van der Waals surface area contributed by atoms with Crippen molar-refractivity contribution in [2.24, 2.45) is 5.73 Å². The summed E-state index contributed by atoms with van der Waals surface area (Å²) in [6.45, 7) is 8.73. The van der Waals surface area contributed by atoms with Crippen molar-refractivity contribution in [3.63, 3.8) is 0 Å². The van der Waals surface area contributed by atoms with E-state index >= 15 is 0 Å². The van der Waals surface area contributed by atoms with Gasteiger partial charge in [0.05, 0.1) is 0 Å². The topological polar surface area (TPSA) is 107 Å². The van der Waals surface area contributed by atoms with Crippen molar-refractivity contribution in [2.75, 3.05) is 0 Å². The van der Waals surface area contributed by atoms with Crippen molar-refractivity contribution < 1.29 is 4.74 Å². The number of nitrogens with zero attached hydrogens (tertiary/aromatic N) is 3. The number of hydrogen-bond acceptors (Lipinski definition) is 5. The van der Waals surface area contributed by atoms with Crippen LogP contribution in [-0.2, 0) is 4.74 Å². The zero-order valence-electron chi connectivity index (χ0n) is 24.9. The summed E-state index contributed by atoms with van der Waals surface area (Å²) in [5, 5.41) is 28.5. The number of unbranched alkanes of at least 4 members (excludes halogenated alkanes) is 7. The van der Waals surface area contributed by atoms with Gasteiger partial charge >= 0.3 is 0 Å². The molecule has 0 bridgehead atoms. The van der Waals surface area contributed by atoms with Crippen LogP contribution in [0.4, 0.5) is 0 Å². The maximum Gasteiger partial charge on any atom is 0.172 e. The molecular weight excluding hydrogens is 480 g/mol. The Kier molecular flexibility index (Phi) is 17.3. The van der Waals surface area contributed by atoms with Gasteiger partial charge in [-0.25, -0.2) is 0 Å². The maximum absolute atomic E-state index is 9.85. The Morgan fingerprint density at radius 3 is 1.77 bits per heavy atom. The lowest BCUT2D eigenvalue weighted by Crippen LogP contribution is -2.30. The van der Waals surface area contributed by atoms with Gasteiger partial charge in [-0.2, -0.15) is 15.8 Å². The molecule has 2 N–H and O–H groups in total. The van der Waals surface area contributed by atoms with Gasteiger partial charge in [0.2, 0.25) is 0 Å². The normalized spacial score (nSPS) is 14.4. The molecule has 39 heavy (non-hydrogen) atoms. The number of ether oxygens (including phenoxy) is 1. The van der Waals surface area contributed by atoms with Gasteiger partial charge in [0, 0.05) is 11.6 Å². The highest BCUT2D eigenvalue weighted by Gasteiger charge is 2.46. The number of nitriles is 3. The van der Waals surface area contributed by atoms with Gasteiger partial charge < -0.3 is 10.5 Å². The zero-order chi connectivity index (χ0) is 28.9. The van der Waals surface area contributed by atoms with Crippen molar-refractivity contribution in [3.05, 3.63) is 52.8 Å². The maximum atomic E-state index is 9.85. The van der Waals surface area contributed by atoms with Crippen LogP contribution in [0.5, 0.6) is 0 Å². The van der Waals surface area contributed by atoms with E-state index in [2.05, 4.69) is 33.8 Å². The lowest BCUT2D eigenvalue weighted by atomic mass is 9.79. The Labute approximate surface area is 238 Å². The van der Waals surface area contributed by atoms with Crippen LogP contribution in [0, 0.1) is 34.0 Å². The van der Waals surface area contributed by atoms with E-state index in [0.29, 0.717) is 11.6 Å². The molecule has 1 unspecified atom stereocenters. The molecule has 0 aliphatic carbocycles. The van der Waals surface area contributed by atoms with Gasteiger partial charge in [-0.05, 0) is 44.1 Å². The molecule has 212 valence electrons. The predicted octanol–water partition coefficient (Wildman–Crippen LogP) is 9.28. The van der Waals surface area contributed by atoms with Gasteiger partial charge in [0.15, 0.2) is 11.3 Å². The summed E-state index contributed by atoms with van der Waals surface area (Å²) in [4.78, 5) is 0. The fourth-order valence-electron chi connectivity index (χ4n) is 5.10. The van der Waals surface area contributed by atoms with Gasteiger partial charge in [0.1, 0.15) is 29.4 Å². The minimum Gasteiger partial charge on any atom is -0.479 e. The summed E-state index contributed by atoms with van der Waals surface area (Å²) >= 11 is 0. The highest BCUT2D eigenvalue weighted by Crippen LogP contribution is 2.50. The molecule has 0 spiro atoms. The monoisotopic (exact) mass is 530 g/mol. The minimum atomic E-state index is -0.660. The first kappa shape index (κ1) is 34.0. The van der Waals surface area contributed by atoms with E-state index < -0.39 is 5.60 Å². The molecule has 2 rings (SSSR count). The lowest BCUT2D eigenvalue weighted by molar-refractivity contribution is 0.0533. The molecule has 1 aromatic carbocycles. The Morgan fingerprint density at radius 1 is 0.769 bits per heavy atom. The van der Waals surface area contributed by atoms with Crippen molar-refractivity contribution >= 4 is 5.57 Å². The van der Waals surface area contributed by atoms with E-state index in [1.807, 2.05) is 42.5 Å². The van der Waals surface area contributed by atoms with Crippen molar-refractivity contribution in [1.29, 1.82) is 15.8 Å². The summed E-state index contributed by atoms with van der Waals surface area (Å²) in [6.07, 6.45) is 17.3. The first-order valence-electron chi connectivity index (χ1n) is 15.2.